The first-order valence-corrected chi connectivity index (χ1v) is 14.1. The van der Waals surface area contributed by atoms with Gasteiger partial charge in [0.2, 0.25) is 12.3 Å². The number of amides is 2. The second-order valence-corrected chi connectivity index (χ2v) is 12.1. The molecule has 0 aromatic rings. The van der Waals surface area contributed by atoms with Crippen molar-refractivity contribution in [1.29, 1.82) is 5.26 Å². The summed E-state index contributed by atoms with van der Waals surface area (Å²) in [5, 5.41) is 11.3. The molecule has 1 aliphatic carbocycles. The number of hydrogen-bond acceptors (Lipinski definition) is 5. The topological polar surface area (TPSA) is 114 Å². The first kappa shape index (κ1) is 32.0. The van der Waals surface area contributed by atoms with Gasteiger partial charge in [0.05, 0.1) is 23.8 Å². The Labute approximate surface area is 235 Å². The van der Waals surface area contributed by atoms with E-state index in [4.69, 9.17) is 5.26 Å². The number of carbonyl (C=O) groups is 2. The van der Waals surface area contributed by atoms with Crippen LogP contribution in [-0.4, -0.2) is 86.2 Å². The third-order valence-corrected chi connectivity index (χ3v) is 9.57. The number of nitrogens with zero attached hydrogens (tertiary/aromatic N) is 4. The van der Waals surface area contributed by atoms with Gasteiger partial charge in [0, 0.05) is 47.2 Å². The van der Waals surface area contributed by atoms with Crippen molar-refractivity contribution >= 4 is 46.5 Å². The minimum absolute atomic E-state index is 0. The molecule has 0 spiro atoms. The summed E-state index contributed by atoms with van der Waals surface area (Å²) in [5.74, 6) is -1.21. The van der Waals surface area contributed by atoms with Gasteiger partial charge in [-0.25, -0.2) is 0 Å². The second-order valence-electron chi connectivity index (χ2n) is 10.2. The lowest BCUT2D eigenvalue weighted by Crippen LogP contribution is -2.57. The third-order valence-electron chi connectivity index (χ3n) is 7.63. The third kappa shape index (κ3) is 8.66. The minimum Gasteiger partial charge on any atom is -0.358 e. The predicted molar refractivity (Wildman–Crippen MR) is 143 cm³/mol. The molecule has 3 heterocycles. The van der Waals surface area contributed by atoms with Crippen LogP contribution in [0, 0.1) is 35.0 Å². The van der Waals surface area contributed by atoms with E-state index in [0.717, 1.165) is 38.8 Å². The number of likely N-dealkylation sites (tertiary alicyclic amines) is 1. The summed E-state index contributed by atoms with van der Waals surface area (Å²) in [6.45, 7) is 3.43. The molecule has 9 nitrogen and oxygen atoms in total. The zero-order valence-electron chi connectivity index (χ0n) is 20.9. The quantitative estimate of drug-likeness (QED) is 0.347. The van der Waals surface area contributed by atoms with Crippen LogP contribution in [0.2, 0.25) is 0 Å². The van der Waals surface area contributed by atoms with Crippen molar-refractivity contribution in [2.45, 2.75) is 57.5 Å². The monoisotopic (exact) mass is 665 g/mol. The van der Waals surface area contributed by atoms with E-state index in [1.54, 1.807) is 0 Å². The molecule has 1 atom stereocenters. The molecule has 1 saturated carbocycles. The van der Waals surface area contributed by atoms with Gasteiger partial charge in [-0.05, 0) is 57.3 Å². The van der Waals surface area contributed by atoms with Crippen molar-refractivity contribution in [3.63, 3.8) is 0 Å². The molecule has 3 aliphatic heterocycles. The molecular weight excluding hydrogens is 626 g/mol. The highest BCUT2D eigenvalue weighted by Gasteiger charge is 2.43. The van der Waals surface area contributed by atoms with Gasteiger partial charge < -0.3 is 10.2 Å². The van der Waals surface area contributed by atoms with Gasteiger partial charge in [0.15, 0.2) is 0 Å². The first-order valence-electron chi connectivity index (χ1n) is 12.7. The SMILES string of the molecule is I.N#CC1CN(S(=O)(=O)N2CCC[C@H](C(=O)N3CCCC3)C2)C1.O=CNCC1CCC(C(F)(F)F)CC1.[HH]. The Hall–Kier alpha value is -1.18. The zero-order valence-corrected chi connectivity index (χ0v) is 24.0. The van der Waals surface area contributed by atoms with E-state index >= 15 is 0 Å². The van der Waals surface area contributed by atoms with Crippen LogP contribution in [-0.2, 0) is 19.8 Å². The maximum absolute atomic E-state index is 12.5. The molecule has 0 aromatic heterocycles. The van der Waals surface area contributed by atoms with E-state index in [2.05, 4.69) is 11.4 Å². The maximum atomic E-state index is 12.5. The van der Waals surface area contributed by atoms with Crippen LogP contribution < -0.4 is 5.32 Å². The molecule has 0 bridgehead atoms. The van der Waals surface area contributed by atoms with Crippen molar-refractivity contribution in [1.82, 2.24) is 18.8 Å². The molecule has 37 heavy (non-hydrogen) atoms. The van der Waals surface area contributed by atoms with Crippen LogP contribution in [0.5, 0.6) is 0 Å². The van der Waals surface area contributed by atoms with Crippen LogP contribution in [0.3, 0.4) is 0 Å². The highest BCUT2D eigenvalue weighted by molar-refractivity contribution is 14.0. The minimum atomic E-state index is -4.04. The Morgan fingerprint density at radius 1 is 1.00 bits per heavy atom. The lowest BCUT2D eigenvalue weighted by Gasteiger charge is -2.40. The maximum Gasteiger partial charge on any atom is 0.391 e. The Morgan fingerprint density at radius 3 is 2.16 bits per heavy atom. The number of halogens is 4. The zero-order chi connectivity index (χ0) is 26.3. The van der Waals surface area contributed by atoms with Gasteiger partial charge in [0.25, 0.3) is 10.2 Å². The van der Waals surface area contributed by atoms with Crippen LogP contribution in [0.25, 0.3) is 0 Å². The fourth-order valence-electron chi connectivity index (χ4n) is 5.33. The molecule has 4 aliphatic rings. The van der Waals surface area contributed by atoms with Gasteiger partial charge >= 0.3 is 6.18 Å². The predicted octanol–water partition coefficient (Wildman–Crippen LogP) is 2.99. The normalized spacial score (nSPS) is 27.6. The molecule has 3 saturated heterocycles. The molecule has 214 valence electrons. The summed E-state index contributed by atoms with van der Waals surface area (Å²) in [5.41, 5.74) is 0. The molecule has 4 fully saturated rings. The fraction of sp³-hybridized carbons (Fsp3) is 0.870. The Kier molecular flexibility index (Phi) is 12.4. The van der Waals surface area contributed by atoms with E-state index in [1.165, 1.54) is 8.61 Å². The van der Waals surface area contributed by atoms with E-state index < -0.39 is 22.3 Å². The van der Waals surface area contributed by atoms with E-state index in [-0.39, 0.29) is 81.5 Å². The van der Waals surface area contributed by atoms with Crippen molar-refractivity contribution in [2.75, 3.05) is 45.8 Å². The second kappa shape index (κ2) is 14.3. The molecule has 0 radical (unpaired) electrons. The van der Waals surface area contributed by atoms with Crippen molar-refractivity contribution < 1.29 is 32.6 Å². The van der Waals surface area contributed by atoms with Gasteiger partial charge in [-0.3, -0.25) is 9.59 Å². The number of piperidine rings is 1. The summed E-state index contributed by atoms with van der Waals surface area (Å²) in [7, 11) is -3.51. The molecule has 2 amide bonds. The Balaban J connectivity index is 0.000000396. The molecule has 4 rings (SSSR count). The van der Waals surface area contributed by atoms with Crippen LogP contribution in [0.1, 0.15) is 52.8 Å². The molecule has 1 N–H and O–H groups in total. The lowest BCUT2D eigenvalue weighted by molar-refractivity contribution is -0.183. The summed E-state index contributed by atoms with van der Waals surface area (Å²) in [4.78, 5) is 24.3. The first-order chi connectivity index (χ1) is 17.1. The largest absolute Gasteiger partial charge is 0.391 e. The Morgan fingerprint density at radius 2 is 1.62 bits per heavy atom. The van der Waals surface area contributed by atoms with E-state index in [0.29, 0.717) is 32.3 Å². The van der Waals surface area contributed by atoms with E-state index in [9.17, 15) is 31.2 Å². The van der Waals surface area contributed by atoms with E-state index in [1.807, 2.05) is 4.90 Å². The molecule has 14 heteroatoms. The molecule has 0 unspecified atom stereocenters. The number of nitrogens with one attached hydrogen (secondary N) is 1. The van der Waals surface area contributed by atoms with Gasteiger partial charge in [-0.1, -0.05) is 0 Å². The number of nitriles is 1. The number of rotatable bonds is 6. The van der Waals surface area contributed by atoms with Crippen LogP contribution >= 0.6 is 24.0 Å². The standard InChI is InChI=1S/C14H22N4O3S.C9H14F3NO.HI.H2/c15-8-12-9-18(10-12)22(20,21)17-7-3-4-13(11-17)14(19)16-5-1-2-6-16;10-9(11,12)8-3-1-7(2-4-8)5-13-6-14;;/h12-13H,1-7,9-11H2;6-8H,1-5H2,(H,13,14);2*1H/t13-;;;/m0.../s1. The van der Waals surface area contributed by atoms with Crippen LogP contribution in [0.15, 0.2) is 0 Å². The van der Waals surface area contributed by atoms with Crippen molar-refractivity contribution in [3.05, 3.63) is 0 Å². The van der Waals surface area contributed by atoms with Gasteiger partial charge in [-0.15, -0.1) is 24.0 Å². The van der Waals surface area contributed by atoms with Crippen LogP contribution in [0.4, 0.5) is 13.2 Å². The molecule has 0 aromatic carbocycles. The lowest BCUT2D eigenvalue weighted by atomic mass is 9.82. The Bertz CT molecular complexity index is 904. The highest BCUT2D eigenvalue weighted by Crippen LogP contribution is 2.39. The smallest absolute Gasteiger partial charge is 0.358 e. The summed E-state index contributed by atoms with van der Waals surface area (Å²) in [6, 6.07) is 2.09. The summed E-state index contributed by atoms with van der Waals surface area (Å²) in [6.07, 6.45) is 1.66. The number of alkyl halides is 3. The average molecular weight is 666 g/mol. The van der Waals surface area contributed by atoms with Crippen molar-refractivity contribution in [3.8, 4) is 6.07 Å². The summed E-state index contributed by atoms with van der Waals surface area (Å²) >= 11 is 0. The highest BCUT2D eigenvalue weighted by atomic mass is 127. The van der Waals surface area contributed by atoms with Crippen molar-refractivity contribution in [2.24, 2.45) is 23.7 Å². The van der Waals surface area contributed by atoms with Gasteiger partial charge in [-0.2, -0.15) is 35.5 Å². The number of carbonyl (C=O) groups excluding carboxylic acids is 2. The number of hydrogen-bond donors (Lipinski definition) is 1. The fourth-order valence-corrected chi connectivity index (χ4v) is 7.12. The molecular formula is C23H39F3IN5O4S. The summed E-state index contributed by atoms with van der Waals surface area (Å²) < 4.78 is 64.6. The average Bonchev–Trinajstić information content (AvgIpc) is 3.37. The van der Waals surface area contributed by atoms with Gasteiger partial charge in [0.1, 0.15) is 0 Å².